The number of rotatable bonds is 41. The third-order valence-corrected chi connectivity index (χ3v) is 10.3. The van der Waals surface area contributed by atoms with Gasteiger partial charge in [-0.2, -0.15) is 0 Å². The van der Waals surface area contributed by atoms with Gasteiger partial charge in [0.05, 0.1) is 6.61 Å². The normalized spacial score (nSPS) is 12.5. The van der Waals surface area contributed by atoms with E-state index in [2.05, 4.69) is 30.5 Å². The second-order valence-electron chi connectivity index (χ2n) is 15.0. The highest BCUT2D eigenvalue weighted by molar-refractivity contribution is 7.46. The molecule has 8 nitrogen and oxygen atoms in total. The van der Waals surface area contributed by atoms with Gasteiger partial charge < -0.3 is 19.3 Å². The van der Waals surface area contributed by atoms with E-state index in [1.807, 2.05) is 0 Å². The molecule has 0 saturated heterocycles. The Morgan fingerprint density at radius 1 is 0.481 bits per heavy atom. The van der Waals surface area contributed by atoms with E-state index in [-0.39, 0.29) is 19.4 Å². The molecule has 0 rings (SSSR count). The van der Waals surface area contributed by atoms with Crippen molar-refractivity contribution in [3.05, 3.63) is 12.2 Å². The first-order valence-electron chi connectivity index (χ1n) is 22.0. The molecule has 1 atom stereocenters. The van der Waals surface area contributed by atoms with Crippen LogP contribution in [0.1, 0.15) is 232 Å². The van der Waals surface area contributed by atoms with Gasteiger partial charge in [0.1, 0.15) is 6.61 Å². The summed E-state index contributed by atoms with van der Waals surface area (Å²) in [7, 11) is -4.75. The van der Waals surface area contributed by atoms with Gasteiger partial charge in [-0.15, -0.1) is 0 Å². The SMILES string of the molecule is CCCCCCCC/C=C/CCCCCCCCCCCCCC(=O)OC[C@H](COP(=O)(O)O)OC(=O)CCCCCCCCCCCCCCC. The van der Waals surface area contributed by atoms with Crippen molar-refractivity contribution in [3.63, 3.8) is 0 Å². The number of ether oxygens (including phenoxy) is 2. The van der Waals surface area contributed by atoms with E-state index in [1.165, 1.54) is 161 Å². The number of carbonyl (C=O) groups excluding carboxylic acids is 2. The first-order chi connectivity index (χ1) is 25.3. The van der Waals surface area contributed by atoms with Crippen LogP contribution in [0.25, 0.3) is 0 Å². The van der Waals surface area contributed by atoms with Crippen LogP contribution in [0.4, 0.5) is 0 Å². The second kappa shape index (κ2) is 39.5. The predicted octanol–water partition coefficient (Wildman–Crippen LogP) is 13.4. The van der Waals surface area contributed by atoms with Crippen LogP contribution in [0, 0.1) is 0 Å². The Morgan fingerprint density at radius 2 is 0.808 bits per heavy atom. The zero-order chi connectivity index (χ0) is 38.2. The Bertz CT molecular complexity index is 858. The number of phosphoric ester groups is 1. The smallest absolute Gasteiger partial charge is 0.462 e. The number of allylic oxidation sites excluding steroid dienone is 2. The molecule has 0 aliphatic heterocycles. The Kier molecular flexibility index (Phi) is 38.6. The molecule has 0 bridgehead atoms. The summed E-state index contributed by atoms with van der Waals surface area (Å²) < 4.78 is 26.4. The van der Waals surface area contributed by atoms with Gasteiger partial charge in [0.15, 0.2) is 6.10 Å². The van der Waals surface area contributed by atoms with Crippen molar-refractivity contribution in [2.75, 3.05) is 13.2 Å². The molecule has 0 amide bonds. The lowest BCUT2D eigenvalue weighted by Gasteiger charge is -2.18. The first-order valence-corrected chi connectivity index (χ1v) is 23.5. The average molecular weight is 759 g/mol. The third-order valence-electron chi connectivity index (χ3n) is 9.78. The minimum absolute atomic E-state index is 0.218. The Morgan fingerprint density at radius 3 is 1.17 bits per heavy atom. The summed E-state index contributed by atoms with van der Waals surface area (Å²) in [6.07, 6.45) is 43.6. The van der Waals surface area contributed by atoms with Gasteiger partial charge in [0, 0.05) is 12.8 Å². The Balaban J connectivity index is 3.82. The maximum absolute atomic E-state index is 12.4. The van der Waals surface area contributed by atoms with Crippen LogP contribution in [0.15, 0.2) is 12.2 Å². The number of carbonyl (C=O) groups is 2. The van der Waals surface area contributed by atoms with E-state index < -0.39 is 32.5 Å². The van der Waals surface area contributed by atoms with Crippen molar-refractivity contribution >= 4 is 19.8 Å². The van der Waals surface area contributed by atoms with Gasteiger partial charge in [-0.05, 0) is 38.5 Å². The number of phosphoric acid groups is 1. The van der Waals surface area contributed by atoms with Gasteiger partial charge in [-0.1, -0.05) is 193 Å². The molecule has 9 heteroatoms. The molecule has 0 saturated carbocycles. The zero-order valence-electron chi connectivity index (χ0n) is 34.0. The fourth-order valence-electron chi connectivity index (χ4n) is 6.49. The molecule has 2 N–H and O–H groups in total. The highest BCUT2D eigenvalue weighted by Crippen LogP contribution is 2.36. The van der Waals surface area contributed by atoms with Crippen molar-refractivity contribution in [1.29, 1.82) is 0 Å². The largest absolute Gasteiger partial charge is 0.469 e. The van der Waals surface area contributed by atoms with E-state index in [9.17, 15) is 14.2 Å². The number of hydrogen-bond acceptors (Lipinski definition) is 6. The van der Waals surface area contributed by atoms with Crippen molar-refractivity contribution in [3.8, 4) is 0 Å². The molecule has 0 heterocycles. The number of unbranched alkanes of at least 4 members (excludes halogenated alkanes) is 29. The van der Waals surface area contributed by atoms with E-state index in [0.717, 1.165) is 38.5 Å². The fraction of sp³-hybridized carbons (Fsp3) is 0.907. The molecular formula is C43H83O8P. The summed E-state index contributed by atoms with van der Waals surface area (Å²) in [6.45, 7) is 3.70. The van der Waals surface area contributed by atoms with Gasteiger partial charge in [0.25, 0.3) is 0 Å². The zero-order valence-corrected chi connectivity index (χ0v) is 34.9. The van der Waals surface area contributed by atoms with Crippen LogP contribution in [-0.4, -0.2) is 41.0 Å². The maximum atomic E-state index is 12.4. The van der Waals surface area contributed by atoms with Crippen LogP contribution in [0.3, 0.4) is 0 Å². The third kappa shape index (κ3) is 41.5. The molecule has 0 radical (unpaired) electrons. The van der Waals surface area contributed by atoms with Crippen molar-refractivity contribution in [1.82, 2.24) is 0 Å². The van der Waals surface area contributed by atoms with E-state index in [4.69, 9.17) is 19.3 Å². The van der Waals surface area contributed by atoms with Crippen LogP contribution in [-0.2, 0) is 28.2 Å². The fourth-order valence-corrected chi connectivity index (χ4v) is 6.85. The van der Waals surface area contributed by atoms with Crippen LogP contribution in [0.5, 0.6) is 0 Å². The molecule has 0 aromatic heterocycles. The number of hydrogen-bond donors (Lipinski definition) is 2. The van der Waals surface area contributed by atoms with Crippen molar-refractivity contribution in [2.45, 2.75) is 238 Å². The number of esters is 2. The van der Waals surface area contributed by atoms with E-state index in [0.29, 0.717) is 6.42 Å². The van der Waals surface area contributed by atoms with Crippen LogP contribution in [0.2, 0.25) is 0 Å². The van der Waals surface area contributed by atoms with Gasteiger partial charge >= 0.3 is 19.8 Å². The van der Waals surface area contributed by atoms with Crippen molar-refractivity contribution in [2.24, 2.45) is 0 Å². The molecule has 52 heavy (non-hydrogen) atoms. The highest BCUT2D eigenvalue weighted by Gasteiger charge is 2.22. The Hall–Kier alpha value is -1.21. The molecule has 0 fully saturated rings. The van der Waals surface area contributed by atoms with Gasteiger partial charge in [0.2, 0.25) is 0 Å². The predicted molar refractivity (Wildman–Crippen MR) is 216 cm³/mol. The lowest BCUT2D eigenvalue weighted by atomic mass is 10.0. The van der Waals surface area contributed by atoms with Crippen LogP contribution < -0.4 is 0 Å². The summed E-state index contributed by atoms with van der Waals surface area (Å²) in [5.41, 5.74) is 0. The molecule has 0 aliphatic carbocycles. The molecule has 0 unspecified atom stereocenters. The lowest BCUT2D eigenvalue weighted by Crippen LogP contribution is -2.29. The lowest BCUT2D eigenvalue weighted by molar-refractivity contribution is -0.161. The molecule has 0 aliphatic rings. The van der Waals surface area contributed by atoms with Gasteiger partial charge in [-0.25, -0.2) is 4.57 Å². The summed E-state index contributed by atoms with van der Waals surface area (Å²) in [5, 5.41) is 0. The van der Waals surface area contributed by atoms with E-state index in [1.54, 1.807) is 0 Å². The summed E-state index contributed by atoms with van der Waals surface area (Å²) >= 11 is 0. The van der Waals surface area contributed by atoms with E-state index >= 15 is 0 Å². The molecule has 0 aromatic carbocycles. The Labute approximate surface area is 320 Å². The summed E-state index contributed by atoms with van der Waals surface area (Å²) in [6, 6.07) is 0. The maximum Gasteiger partial charge on any atom is 0.469 e. The molecular weight excluding hydrogens is 675 g/mol. The minimum Gasteiger partial charge on any atom is -0.462 e. The quantitative estimate of drug-likeness (QED) is 0.0274. The highest BCUT2D eigenvalue weighted by atomic mass is 31.2. The van der Waals surface area contributed by atoms with Crippen molar-refractivity contribution < 1.29 is 37.9 Å². The summed E-state index contributed by atoms with van der Waals surface area (Å²) in [4.78, 5) is 42.8. The molecule has 308 valence electrons. The molecule has 0 spiro atoms. The average Bonchev–Trinajstić information content (AvgIpc) is 3.11. The standard InChI is InChI=1S/C43H83O8P/c1-3-5-7-9-11-13-15-17-18-19-20-21-22-23-24-26-27-29-31-33-35-37-42(44)49-39-41(40-50-52(46,47)48)51-43(45)38-36-34-32-30-28-25-16-14-12-10-8-6-4-2/h17-18,41H,3-16,19-40H2,1-2H3,(H2,46,47,48)/b18-17+/t41-/m1/s1. The topological polar surface area (TPSA) is 119 Å². The summed E-state index contributed by atoms with van der Waals surface area (Å²) in [5.74, 6) is -0.873. The monoisotopic (exact) mass is 759 g/mol. The first kappa shape index (κ1) is 50.8. The second-order valence-corrected chi connectivity index (χ2v) is 16.3. The minimum atomic E-state index is -4.75. The van der Waals surface area contributed by atoms with Gasteiger partial charge in [-0.3, -0.25) is 14.1 Å². The van der Waals surface area contributed by atoms with Crippen LogP contribution >= 0.6 is 7.82 Å². The molecule has 0 aromatic rings.